The number of nitrogens with one attached hydrogen (secondary N) is 1. The van der Waals surface area contributed by atoms with Crippen molar-refractivity contribution < 1.29 is 9.90 Å². The Kier molecular flexibility index (Phi) is 3.31. The number of nitrogens with zero attached hydrogens (tertiary/aromatic N) is 1. The molecule has 1 aromatic heterocycles. The third kappa shape index (κ3) is 2.47. The highest BCUT2D eigenvalue weighted by Crippen LogP contribution is 2.36. The van der Waals surface area contributed by atoms with Gasteiger partial charge in [-0.15, -0.1) is 0 Å². The summed E-state index contributed by atoms with van der Waals surface area (Å²) in [5, 5.41) is 8.97. The lowest BCUT2D eigenvalue weighted by atomic mass is 9.84. The van der Waals surface area contributed by atoms with Crippen molar-refractivity contribution in [1.82, 2.24) is 9.97 Å². The summed E-state index contributed by atoms with van der Waals surface area (Å²) in [6, 6.07) is 12.6. The van der Waals surface area contributed by atoms with Crippen LogP contribution in [-0.2, 0) is 12.8 Å². The standard InChI is InChI=1S/C18H13BrN2O2/c19-13-4-6-15-11(8-13)2-1-10-7-12(3-5-14(10)15)16-9-20-17(21-16)18(22)23/h3-9H,1-2H2,(H,20,21)(H,22,23). The van der Waals surface area contributed by atoms with Crippen molar-refractivity contribution in [2.24, 2.45) is 0 Å². The third-order valence-electron chi connectivity index (χ3n) is 4.22. The first-order valence-electron chi connectivity index (χ1n) is 7.32. The smallest absolute Gasteiger partial charge is 0.371 e. The minimum atomic E-state index is -1.05. The number of imidazole rings is 1. The number of carboxylic acids is 1. The van der Waals surface area contributed by atoms with Gasteiger partial charge in [0.2, 0.25) is 5.82 Å². The molecule has 0 amide bonds. The number of hydrogen-bond acceptors (Lipinski definition) is 2. The van der Waals surface area contributed by atoms with E-state index in [-0.39, 0.29) is 5.82 Å². The lowest BCUT2D eigenvalue weighted by Crippen LogP contribution is -2.04. The second-order valence-corrected chi connectivity index (χ2v) is 6.54. The van der Waals surface area contributed by atoms with Gasteiger partial charge in [0, 0.05) is 4.47 Å². The second kappa shape index (κ2) is 5.35. The fourth-order valence-electron chi connectivity index (χ4n) is 3.11. The van der Waals surface area contributed by atoms with Gasteiger partial charge in [-0.3, -0.25) is 0 Å². The predicted molar refractivity (Wildman–Crippen MR) is 91.5 cm³/mol. The average Bonchev–Trinajstić information content (AvgIpc) is 3.04. The minimum absolute atomic E-state index is 0.0343. The summed E-state index contributed by atoms with van der Waals surface area (Å²) in [5.74, 6) is -1.08. The molecule has 1 aliphatic carbocycles. The maximum absolute atomic E-state index is 10.9. The molecule has 0 fully saturated rings. The molecule has 5 heteroatoms. The maximum atomic E-state index is 10.9. The zero-order chi connectivity index (χ0) is 16.0. The summed E-state index contributed by atoms with van der Waals surface area (Å²) < 4.78 is 1.11. The van der Waals surface area contributed by atoms with Crippen molar-refractivity contribution in [3.8, 4) is 22.4 Å². The van der Waals surface area contributed by atoms with Crippen molar-refractivity contribution in [2.75, 3.05) is 0 Å². The van der Waals surface area contributed by atoms with Gasteiger partial charge in [-0.25, -0.2) is 9.78 Å². The molecule has 2 aromatic carbocycles. The molecule has 4 rings (SSSR count). The molecule has 0 bridgehead atoms. The summed E-state index contributed by atoms with van der Waals surface area (Å²) in [4.78, 5) is 17.7. The molecule has 0 radical (unpaired) electrons. The first-order chi connectivity index (χ1) is 11.1. The number of aromatic carboxylic acids is 1. The average molecular weight is 369 g/mol. The molecule has 0 unspecified atom stereocenters. The van der Waals surface area contributed by atoms with Gasteiger partial charge in [-0.1, -0.05) is 34.1 Å². The quantitative estimate of drug-likeness (QED) is 0.708. The van der Waals surface area contributed by atoms with Gasteiger partial charge in [0.25, 0.3) is 0 Å². The Labute approximate surface area is 141 Å². The summed E-state index contributed by atoms with van der Waals surface area (Å²) in [6.45, 7) is 0. The Balaban J connectivity index is 1.77. The van der Waals surface area contributed by atoms with E-state index in [9.17, 15) is 4.79 Å². The number of aromatic amines is 1. The van der Waals surface area contributed by atoms with Gasteiger partial charge < -0.3 is 10.1 Å². The highest BCUT2D eigenvalue weighted by atomic mass is 79.9. The molecule has 3 aromatic rings. The van der Waals surface area contributed by atoms with Crippen LogP contribution in [0.15, 0.2) is 47.1 Å². The van der Waals surface area contributed by atoms with Crippen LogP contribution in [0.1, 0.15) is 21.7 Å². The van der Waals surface area contributed by atoms with Crippen LogP contribution in [0.3, 0.4) is 0 Å². The molecule has 1 aliphatic rings. The number of carbonyl (C=O) groups is 1. The Morgan fingerprint density at radius 2 is 1.78 bits per heavy atom. The molecule has 0 saturated carbocycles. The predicted octanol–water partition coefficient (Wildman–Crippen LogP) is 4.30. The Morgan fingerprint density at radius 3 is 2.48 bits per heavy atom. The fourth-order valence-corrected chi connectivity index (χ4v) is 3.52. The van der Waals surface area contributed by atoms with Crippen molar-refractivity contribution in [2.45, 2.75) is 12.8 Å². The summed E-state index contributed by atoms with van der Waals surface area (Å²) in [7, 11) is 0. The SMILES string of the molecule is O=C(O)c1ncc(-c2ccc3c(c2)CCc2cc(Br)ccc2-3)[nH]1. The number of hydrogen-bond donors (Lipinski definition) is 2. The van der Waals surface area contributed by atoms with Gasteiger partial charge in [-0.05, 0) is 58.9 Å². The Hall–Kier alpha value is -2.40. The van der Waals surface area contributed by atoms with Gasteiger partial charge in [0.05, 0.1) is 11.9 Å². The number of H-pyrrole nitrogens is 1. The Bertz CT molecular complexity index is 931. The Morgan fingerprint density at radius 1 is 1.09 bits per heavy atom. The van der Waals surface area contributed by atoms with E-state index in [0.29, 0.717) is 0 Å². The lowest BCUT2D eigenvalue weighted by Gasteiger charge is -2.20. The fraction of sp³-hybridized carbons (Fsp3) is 0.111. The minimum Gasteiger partial charge on any atom is -0.475 e. The monoisotopic (exact) mass is 368 g/mol. The van der Waals surface area contributed by atoms with E-state index >= 15 is 0 Å². The molecule has 0 saturated heterocycles. The van der Waals surface area contributed by atoms with Crippen LogP contribution in [0.2, 0.25) is 0 Å². The molecular weight excluding hydrogens is 356 g/mol. The number of aryl methyl sites for hydroxylation is 2. The van der Waals surface area contributed by atoms with Crippen LogP contribution in [0.25, 0.3) is 22.4 Å². The van der Waals surface area contributed by atoms with E-state index in [0.717, 1.165) is 28.6 Å². The summed E-state index contributed by atoms with van der Waals surface area (Å²) >= 11 is 3.53. The van der Waals surface area contributed by atoms with Crippen molar-refractivity contribution in [3.05, 3.63) is 64.0 Å². The summed E-state index contributed by atoms with van der Waals surface area (Å²) in [5.41, 5.74) is 6.85. The third-order valence-corrected chi connectivity index (χ3v) is 4.71. The van der Waals surface area contributed by atoms with Crippen LogP contribution < -0.4 is 0 Å². The van der Waals surface area contributed by atoms with E-state index < -0.39 is 5.97 Å². The molecule has 23 heavy (non-hydrogen) atoms. The van der Waals surface area contributed by atoms with E-state index in [1.54, 1.807) is 6.20 Å². The van der Waals surface area contributed by atoms with E-state index in [2.05, 4.69) is 56.2 Å². The van der Waals surface area contributed by atoms with Crippen LogP contribution in [0.5, 0.6) is 0 Å². The summed E-state index contributed by atoms with van der Waals surface area (Å²) in [6.07, 6.45) is 3.56. The largest absolute Gasteiger partial charge is 0.475 e. The zero-order valence-corrected chi connectivity index (χ0v) is 13.7. The lowest BCUT2D eigenvalue weighted by molar-refractivity contribution is 0.0685. The van der Waals surface area contributed by atoms with Crippen molar-refractivity contribution in [3.63, 3.8) is 0 Å². The van der Waals surface area contributed by atoms with Crippen LogP contribution in [-0.4, -0.2) is 21.0 Å². The highest BCUT2D eigenvalue weighted by molar-refractivity contribution is 9.10. The first kappa shape index (κ1) is 14.2. The van der Waals surface area contributed by atoms with E-state index in [1.165, 1.54) is 22.3 Å². The molecule has 2 N–H and O–H groups in total. The van der Waals surface area contributed by atoms with Gasteiger partial charge in [-0.2, -0.15) is 0 Å². The number of fused-ring (bicyclic) bond motifs is 3. The molecule has 114 valence electrons. The molecular formula is C18H13BrN2O2. The van der Waals surface area contributed by atoms with Gasteiger partial charge >= 0.3 is 5.97 Å². The van der Waals surface area contributed by atoms with E-state index in [1.807, 2.05) is 6.07 Å². The van der Waals surface area contributed by atoms with Crippen LogP contribution in [0.4, 0.5) is 0 Å². The van der Waals surface area contributed by atoms with Gasteiger partial charge in [0.1, 0.15) is 0 Å². The van der Waals surface area contributed by atoms with Crippen LogP contribution >= 0.6 is 15.9 Å². The highest BCUT2D eigenvalue weighted by Gasteiger charge is 2.17. The van der Waals surface area contributed by atoms with Gasteiger partial charge in [0.15, 0.2) is 0 Å². The number of benzene rings is 2. The van der Waals surface area contributed by atoms with Crippen LogP contribution in [0, 0.1) is 0 Å². The topological polar surface area (TPSA) is 66.0 Å². The number of rotatable bonds is 2. The molecule has 0 aliphatic heterocycles. The normalized spacial score (nSPS) is 12.6. The first-order valence-corrected chi connectivity index (χ1v) is 8.11. The molecule has 0 spiro atoms. The number of halogens is 1. The number of aromatic nitrogens is 2. The second-order valence-electron chi connectivity index (χ2n) is 5.62. The molecule has 4 nitrogen and oxygen atoms in total. The number of carboxylic acid groups (broad SMARTS) is 1. The molecule has 0 atom stereocenters. The zero-order valence-electron chi connectivity index (χ0n) is 12.1. The van der Waals surface area contributed by atoms with Crippen molar-refractivity contribution in [1.29, 1.82) is 0 Å². The van der Waals surface area contributed by atoms with E-state index in [4.69, 9.17) is 5.11 Å². The molecule has 1 heterocycles. The maximum Gasteiger partial charge on any atom is 0.371 e. The van der Waals surface area contributed by atoms with Crippen molar-refractivity contribution >= 4 is 21.9 Å².